The molecule has 21 fully saturated rings. The third-order valence-corrected chi connectivity index (χ3v) is 24.1. The molecule has 21 saturated heterocycles. The second-order valence-corrected chi connectivity index (χ2v) is 33.2. The molecule has 0 radical (unpaired) electrons. The van der Waals surface area contributed by atoms with E-state index in [1.165, 1.54) is 0 Å². The molecule has 35 nitrogen and oxygen atoms in total. The highest BCUT2D eigenvalue weighted by molar-refractivity contribution is 5.21. The lowest BCUT2D eigenvalue weighted by Crippen LogP contribution is -2.69. The average molecular weight is 1760 g/mol. The lowest BCUT2D eigenvalue weighted by molar-refractivity contribution is -0.392. The zero-order valence-corrected chi connectivity index (χ0v) is 69.3. The van der Waals surface area contributed by atoms with Crippen molar-refractivity contribution in [2.75, 3.05) is 45.8 Å². The average Bonchev–Trinajstić information content (AvgIpc) is 0.780. The molecular weight excluding hydrogens is 1640 g/mol. The molecule has 686 valence electrons. The van der Waals surface area contributed by atoms with Crippen LogP contribution in [0, 0.1) is 0 Å². The minimum atomic E-state index is -2.08. The molecule has 2 unspecified atom stereocenters. The topological polar surface area (TPSA) is 497 Å². The molecule has 35 atom stereocenters. The number of hydrogen-bond donors (Lipinski definition) is 21. The quantitative estimate of drug-likeness (QED) is 0.0238. The minimum Gasteiger partial charge on any atom is -0.387 e. The van der Waals surface area contributed by atoms with E-state index in [1.807, 2.05) is 212 Å². The number of aliphatic hydroxyl groups excluding tert-OH is 14. The molecule has 0 aliphatic carbocycles. The van der Waals surface area contributed by atoms with E-state index >= 15 is 0 Å². The highest BCUT2D eigenvalue weighted by atomic mass is 16.8. The fourth-order valence-corrected chi connectivity index (χ4v) is 17.2. The number of rotatable bonds is 28. The van der Waals surface area contributed by atoms with E-state index in [9.17, 15) is 71.5 Å². The first-order chi connectivity index (χ1) is 61.3. The van der Waals surface area contributed by atoms with Crippen LogP contribution in [0.15, 0.2) is 212 Å². The van der Waals surface area contributed by atoms with Gasteiger partial charge in [0.2, 0.25) is 0 Å². The third-order valence-electron chi connectivity index (χ3n) is 24.1. The lowest BCUT2D eigenvalue weighted by Gasteiger charge is -2.50. The largest absolute Gasteiger partial charge is 0.387 e. The summed E-state index contributed by atoms with van der Waals surface area (Å²) in [6, 6.07) is 64.8. The summed E-state index contributed by atoms with van der Waals surface area (Å²) in [5.74, 6) is 0. The summed E-state index contributed by atoms with van der Waals surface area (Å²) in [5.41, 5.74) is 5.82. The van der Waals surface area contributed by atoms with Crippen molar-refractivity contribution in [1.82, 2.24) is 37.2 Å². The van der Waals surface area contributed by atoms with Gasteiger partial charge < -0.3 is 175 Å². The van der Waals surface area contributed by atoms with Gasteiger partial charge in [0.25, 0.3) is 0 Å². The first kappa shape index (κ1) is 93.8. The van der Waals surface area contributed by atoms with Gasteiger partial charge in [-0.25, -0.2) is 0 Å². The van der Waals surface area contributed by atoms with Crippen LogP contribution in [-0.4, -0.2) is 332 Å². The lowest BCUT2D eigenvalue weighted by atomic mass is 9.94. The normalized spacial score (nSPS) is 38.2. The van der Waals surface area contributed by atoms with Crippen LogP contribution in [0.25, 0.3) is 0 Å². The van der Waals surface area contributed by atoms with E-state index in [-0.39, 0.29) is 91.6 Å². The highest BCUT2D eigenvalue weighted by Gasteiger charge is 2.60. The van der Waals surface area contributed by atoms with Crippen LogP contribution < -0.4 is 37.2 Å². The predicted octanol–water partition coefficient (Wildman–Crippen LogP) is -2.65. The maximum absolute atomic E-state index is 12.7. The molecule has 0 spiro atoms. The summed E-state index contributed by atoms with van der Waals surface area (Å²) in [4.78, 5) is 0. The second-order valence-electron chi connectivity index (χ2n) is 33.2. The number of aliphatic hydroxyl groups is 14. The van der Waals surface area contributed by atoms with Crippen LogP contribution in [0.4, 0.5) is 0 Å². The monoisotopic (exact) mass is 1760 g/mol. The molecule has 126 heavy (non-hydrogen) atoms. The summed E-state index contributed by atoms with van der Waals surface area (Å²) in [6.45, 7) is 0.303. The van der Waals surface area contributed by atoms with Crippen molar-refractivity contribution in [2.45, 2.75) is 261 Å². The maximum atomic E-state index is 12.7. The van der Waals surface area contributed by atoms with Crippen molar-refractivity contribution < 1.29 is 138 Å². The Morgan fingerprint density at radius 2 is 0.262 bits per heavy atom. The Balaban J connectivity index is 0.789. The SMILES string of the molecule is O[C@@H]1[C@@H](O)[C@H]2O[C@H]3[C@H](O)[C@@H](O)[C@@H](O[C@H]4[C@H](O)[C@@H](O)[C@@H](O[C@H]5[C@H](O)[C@@H](O)[C@@H](O[C@H]6[C@H](O)[C@@H](O)C(O[C@H]7[C@H](O)[C@@H](O)[C@@H](O[C@H]8[C@H](O)[C@@H](O)C(O[C@@H]1[C@@H](CNCc1ccccc1)O2)O[C@@H]8CNCc1ccccc1)O[C@@H]7CNCc1ccccc1)O[C@@H]6CNCc1ccccc1)O[C@@H]5CNCc1ccccc1)O[C@@H]4CNCc1ccccc1)O[C@@H]3CNCc1ccccc1. The Morgan fingerprint density at radius 1 is 0.151 bits per heavy atom. The van der Waals surface area contributed by atoms with Crippen LogP contribution in [-0.2, 0) is 112 Å². The Labute approximate surface area is 729 Å². The summed E-state index contributed by atoms with van der Waals surface area (Å²) in [5, 5.41) is 199. The zero-order valence-electron chi connectivity index (χ0n) is 69.3. The summed E-state index contributed by atoms with van der Waals surface area (Å²) in [6.07, 6.45) is -63.0. The van der Waals surface area contributed by atoms with E-state index in [2.05, 4.69) is 37.2 Å². The van der Waals surface area contributed by atoms with E-state index < -0.39 is 215 Å². The van der Waals surface area contributed by atoms with Crippen LogP contribution in [0.3, 0.4) is 0 Å². The van der Waals surface area contributed by atoms with Crippen LogP contribution >= 0.6 is 0 Å². The van der Waals surface area contributed by atoms with Crippen molar-refractivity contribution in [3.8, 4) is 0 Å². The van der Waals surface area contributed by atoms with Gasteiger partial charge in [0, 0.05) is 91.6 Å². The van der Waals surface area contributed by atoms with Crippen molar-refractivity contribution in [3.05, 3.63) is 251 Å². The van der Waals surface area contributed by atoms with Crippen molar-refractivity contribution in [2.24, 2.45) is 0 Å². The fraction of sp³-hybridized carbons (Fsp3) is 0.538. The van der Waals surface area contributed by atoms with Crippen molar-refractivity contribution >= 4 is 0 Å². The van der Waals surface area contributed by atoms with Gasteiger partial charge in [-0.3, -0.25) is 0 Å². The third kappa shape index (κ3) is 23.5. The van der Waals surface area contributed by atoms with E-state index in [1.54, 1.807) is 0 Å². The highest BCUT2D eigenvalue weighted by Crippen LogP contribution is 2.40. The molecule has 21 heterocycles. The van der Waals surface area contributed by atoms with Crippen molar-refractivity contribution in [3.63, 3.8) is 0 Å². The van der Waals surface area contributed by atoms with E-state index in [4.69, 9.17) is 66.3 Å². The van der Waals surface area contributed by atoms with Gasteiger partial charge in [-0.2, -0.15) is 0 Å². The molecule has 28 rings (SSSR count). The van der Waals surface area contributed by atoms with Crippen LogP contribution in [0.2, 0.25) is 0 Å². The summed E-state index contributed by atoms with van der Waals surface area (Å²) in [7, 11) is 0. The standard InChI is InChI=1S/C91H119N7O28/c99-64-71(106)85-113-57(43-92-36-50-22-8-1-9-23-50)78(64)120-86-72(107)65(100)80(59(114-86)45-94-38-52-26-12-3-13-27-52)122-88-74(109)67(102)82(61(116-88)47-96-40-54-30-16-5-17-31-54)124-90-76(111)69(104)84(63(118-90)49-98-42-56-34-20-7-21-35-56)126-91-77(112)70(105)83(62(119-91)48-97-41-55-32-18-6-19-33-55)125-89-75(110)68(103)81(60(117-89)46-95-39-53-28-14-4-15-29-53)123-87-73(108)66(101)79(121-85)58(115-87)44-93-37-51-24-10-2-11-25-51/h1-35,57-112H,36-49H2/t57-,58-,59-,60-,61-,62-,63-,64-,65-,66-,67-,68-,69-,70-,71-,72-,73-,74-,75-,76-,77-,78-,79-,80-,81-,82-,83-,84-,85-,86-,87-,88-,89?,90?,91-/m1/s1. The summed E-state index contributed by atoms with van der Waals surface area (Å²) < 4.78 is 92.7. The summed E-state index contributed by atoms with van der Waals surface area (Å²) >= 11 is 0. The molecule has 7 aromatic carbocycles. The van der Waals surface area contributed by atoms with Gasteiger partial charge in [-0.1, -0.05) is 212 Å². The maximum Gasteiger partial charge on any atom is 0.187 e. The van der Waals surface area contributed by atoms with Gasteiger partial charge in [-0.05, 0) is 38.9 Å². The second kappa shape index (κ2) is 45.3. The minimum absolute atomic E-state index is 0.180. The van der Waals surface area contributed by atoms with Gasteiger partial charge in [-0.15, -0.1) is 0 Å². The molecule has 14 bridgehead atoms. The van der Waals surface area contributed by atoms with Gasteiger partial charge in [0.1, 0.15) is 171 Å². The molecule has 7 aromatic rings. The van der Waals surface area contributed by atoms with Gasteiger partial charge in [0.05, 0.1) is 0 Å². The fourth-order valence-electron chi connectivity index (χ4n) is 17.2. The molecular formula is C91H119N7O28. The van der Waals surface area contributed by atoms with E-state index in [0.717, 1.165) is 38.9 Å². The first-order valence-corrected chi connectivity index (χ1v) is 43.2. The Hall–Kier alpha value is -6.86. The Bertz CT molecular complexity index is 3560. The number of nitrogens with one attached hydrogen (secondary N) is 7. The number of ether oxygens (including phenoxy) is 14. The van der Waals surface area contributed by atoms with Crippen LogP contribution in [0.5, 0.6) is 0 Å². The molecule has 0 saturated carbocycles. The number of benzene rings is 7. The zero-order chi connectivity index (χ0) is 87.7. The Morgan fingerprint density at radius 3 is 0.373 bits per heavy atom. The molecule has 0 aromatic heterocycles. The van der Waals surface area contributed by atoms with Gasteiger partial charge >= 0.3 is 0 Å². The molecule has 21 aliphatic heterocycles. The molecule has 21 aliphatic rings. The smallest absolute Gasteiger partial charge is 0.187 e. The predicted molar refractivity (Wildman–Crippen MR) is 446 cm³/mol. The molecule has 0 amide bonds. The molecule has 21 N–H and O–H groups in total. The molecule has 35 heteroatoms. The first-order valence-electron chi connectivity index (χ1n) is 43.2. The van der Waals surface area contributed by atoms with Crippen LogP contribution in [0.1, 0.15) is 38.9 Å². The van der Waals surface area contributed by atoms with E-state index in [0.29, 0.717) is 0 Å². The number of hydrogen-bond acceptors (Lipinski definition) is 35. The Kier molecular flexibility index (Phi) is 33.7. The van der Waals surface area contributed by atoms with Gasteiger partial charge in [0.15, 0.2) is 44.0 Å². The van der Waals surface area contributed by atoms with Crippen molar-refractivity contribution in [1.29, 1.82) is 0 Å².